The van der Waals surface area contributed by atoms with Gasteiger partial charge in [-0.3, -0.25) is 14.3 Å². The van der Waals surface area contributed by atoms with E-state index < -0.39 is 15.9 Å². The SMILES string of the molecule is COc1ccc(NS(=O)(=O)c2ccc(C)c(C(=O)Nc3ccc(C(=O)NC(C)C)cc3)c2)cc1. The molecule has 0 spiro atoms. The number of methoxy groups -OCH3 is 1. The van der Waals surface area contributed by atoms with E-state index in [2.05, 4.69) is 15.4 Å². The number of carbonyl (C=O) groups is 2. The number of hydrogen-bond donors (Lipinski definition) is 3. The van der Waals surface area contributed by atoms with Crippen LogP contribution >= 0.6 is 0 Å². The van der Waals surface area contributed by atoms with E-state index in [4.69, 9.17) is 4.74 Å². The van der Waals surface area contributed by atoms with Crippen LogP contribution in [0.25, 0.3) is 0 Å². The van der Waals surface area contributed by atoms with Crippen molar-refractivity contribution in [1.82, 2.24) is 5.32 Å². The fourth-order valence-corrected chi connectivity index (χ4v) is 4.22. The van der Waals surface area contributed by atoms with E-state index in [0.29, 0.717) is 28.3 Å². The van der Waals surface area contributed by atoms with Gasteiger partial charge in [-0.1, -0.05) is 6.07 Å². The highest BCUT2D eigenvalue weighted by Crippen LogP contribution is 2.22. The van der Waals surface area contributed by atoms with Crippen molar-refractivity contribution in [3.63, 3.8) is 0 Å². The van der Waals surface area contributed by atoms with Crippen molar-refractivity contribution < 1.29 is 22.7 Å². The number of ether oxygens (including phenoxy) is 1. The minimum absolute atomic E-state index is 0.0117. The number of amides is 2. The molecule has 0 saturated heterocycles. The number of rotatable bonds is 8. The van der Waals surface area contributed by atoms with Crippen LogP contribution in [0.4, 0.5) is 11.4 Å². The molecule has 0 radical (unpaired) electrons. The van der Waals surface area contributed by atoms with Crippen molar-refractivity contribution >= 4 is 33.2 Å². The predicted molar refractivity (Wildman–Crippen MR) is 132 cm³/mol. The van der Waals surface area contributed by atoms with E-state index in [1.165, 1.54) is 19.2 Å². The zero-order valence-corrected chi connectivity index (χ0v) is 20.2. The van der Waals surface area contributed by atoms with Crippen LogP contribution in [0.5, 0.6) is 5.75 Å². The van der Waals surface area contributed by atoms with Crippen LogP contribution < -0.4 is 20.1 Å². The molecule has 0 bridgehead atoms. The number of aryl methyl sites for hydroxylation is 1. The lowest BCUT2D eigenvalue weighted by atomic mass is 10.1. The Morgan fingerprint density at radius 2 is 1.47 bits per heavy atom. The minimum Gasteiger partial charge on any atom is -0.497 e. The molecule has 0 unspecified atom stereocenters. The molecule has 9 heteroatoms. The molecule has 0 fully saturated rings. The number of anilines is 2. The fraction of sp³-hybridized carbons (Fsp3) is 0.200. The van der Waals surface area contributed by atoms with Crippen molar-refractivity contribution in [1.29, 1.82) is 0 Å². The van der Waals surface area contributed by atoms with Crippen molar-refractivity contribution in [3.8, 4) is 5.75 Å². The van der Waals surface area contributed by atoms with Gasteiger partial charge in [-0.05, 0) is 87.0 Å². The molecule has 8 nitrogen and oxygen atoms in total. The van der Waals surface area contributed by atoms with Gasteiger partial charge < -0.3 is 15.4 Å². The highest BCUT2D eigenvalue weighted by atomic mass is 32.2. The Morgan fingerprint density at radius 3 is 2.06 bits per heavy atom. The largest absolute Gasteiger partial charge is 0.497 e. The topological polar surface area (TPSA) is 114 Å². The molecule has 0 aliphatic carbocycles. The van der Waals surface area contributed by atoms with Gasteiger partial charge in [0, 0.05) is 28.5 Å². The van der Waals surface area contributed by atoms with Crippen LogP contribution in [-0.2, 0) is 10.0 Å². The monoisotopic (exact) mass is 481 g/mol. The summed E-state index contributed by atoms with van der Waals surface area (Å²) in [7, 11) is -2.40. The first-order chi connectivity index (χ1) is 16.1. The predicted octanol–water partition coefficient (Wildman–Crippen LogP) is 4.19. The maximum Gasteiger partial charge on any atom is 0.261 e. The molecule has 3 aromatic carbocycles. The summed E-state index contributed by atoms with van der Waals surface area (Å²) in [5.41, 5.74) is 2.16. The second kappa shape index (κ2) is 10.4. The first-order valence-corrected chi connectivity index (χ1v) is 12.1. The highest BCUT2D eigenvalue weighted by molar-refractivity contribution is 7.92. The molecule has 3 N–H and O–H groups in total. The lowest BCUT2D eigenvalue weighted by Crippen LogP contribution is -2.30. The maximum atomic E-state index is 12.9. The molecule has 0 aliphatic rings. The van der Waals surface area contributed by atoms with Crippen LogP contribution in [0, 0.1) is 6.92 Å². The van der Waals surface area contributed by atoms with Crippen molar-refractivity contribution in [3.05, 3.63) is 83.4 Å². The second-order valence-electron chi connectivity index (χ2n) is 7.97. The molecule has 0 atom stereocenters. The van der Waals surface area contributed by atoms with Crippen LogP contribution in [0.1, 0.15) is 40.1 Å². The van der Waals surface area contributed by atoms with Crippen LogP contribution in [-0.4, -0.2) is 33.4 Å². The standard InChI is InChI=1S/C25H27N3O5S/c1-16(2)26-24(29)18-6-8-19(9-7-18)27-25(30)23-15-22(14-5-17(23)3)34(31,32)28-20-10-12-21(33-4)13-11-20/h5-16,28H,1-4H3,(H,26,29)(H,27,30). The third-order valence-corrected chi connectivity index (χ3v) is 6.31. The normalized spacial score (nSPS) is 11.1. The molecule has 2 amide bonds. The summed E-state index contributed by atoms with van der Waals surface area (Å²) < 4.78 is 33.3. The average Bonchev–Trinajstić information content (AvgIpc) is 2.79. The summed E-state index contributed by atoms with van der Waals surface area (Å²) in [6.45, 7) is 5.47. The summed E-state index contributed by atoms with van der Waals surface area (Å²) in [5, 5.41) is 5.55. The fourth-order valence-electron chi connectivity index (χ4n) is 3.13. The van der Waals surface area contributed by atoms with Gasteiger partial charge in [-0.15, -0.1) is 0 Å². The smallest absolute Gasteiger partial charge is 0.261 e. The van der Waals surface area contributed by atoms with E-state index in [1.54, 1.807) is 61.5 Å². The lowest BCUT2D eigenvalue weighted by molar-refractivity contribution is 0.0942. The molecule has 3 aromatic rings. The van der Waals surface area contributed by atoms with Gasteiger partial charge in [0.15, 0.2) is 0 Å². The van der Waals surface area contributed by atoms with Gasteiger partial charge in [0.05, 0.1) is 12.0 Å². The van der Waals surface area contributed by atoms with E-state index in [-0.39, 0.29) is 22.4 Å². The molecule has 0 heterocycles. The van der Waals surface area contributed by atoms with Gasteiger partial charge in [0.25, 0.3) is 21.8 Å². The number of benzene rings is 3. The van der Waals surface area contributed by atoms with Gasteiger partial charge >= 0.3 is 0 Å². The van der Waals surface area contributed by atoms with Crippen molar-refractivity contribution in [2.45, 2.75) is 31.7 Å². The molecular weight excluding hydrogens is 454 g/mol. The molecule has 0 saturated carbocycles. The molecular formula is C25H27N3O5S. The zero-order valence-electron chi connectivity index (χ0n) is 19.4. The number of hydrogen-bond acceptors (Lipinski definition) is 5. The highest BCUT2D eigenvalue weighted by Gasteiger charge is 2.19. The summed E-state index contributed by atoms with van der Waals surface area (Å²) in [6, 6.07) is 17.3. The Balaban J connectivity index is 1.77. The maximum absolute atomic E-state index is 12.9. The molecule has 0 aromatic heterocycles. The Hall–Kier alpha value is -3.85. The van der Waals surface area contributed by atoms with E-state index >= 15 is 0 Å². The Labute approximate surface area is 199 Å². The number of nitrogens with one attached hydrogen (secondary N) is 3. The van der Waals surface area contributed by atoms with E-state index in [9.17, 15) is 18.0 Å². The van der Waals surface area contributed by atoms with Crippen LogP contribution in [0.3, 0.4) is 0 Å². The Morgan fingerprint density at radius 1 is 0.853 bits per heavy atom. The van der Waals surface area contributed by atoms with Crippen LogP contribution in [0.15, 0.2) is 71.6 Å². The third kappa shape index (κ3) is 6.14. The summed E-state index contributed by atoms with van der Waals surface area (Å²) in [6.07, 6.45) is 0. The van der Waals surface area contributed by atoms with Crippen molar-refractivity contribution in [2.24, 2.45) is 0 Å². The second-order valence-corrected chi connectivity index (χ2v) is 9.65. The zero-order chi connectivity index (χ0) is 24.9. The molecule has 178 valence electrons. The molecule has 34 heavy (non-hydrogen) atoms. The average molecular weight is 482 g/mol. The molecule has 3 rings (SSSR count). The Kier molecular flexibility index (Phi) is 7.57. The third-order valence-electron chi connectivity index (χ3n) is 4.93. The van der Waals surface area contributed by atoms with Crippen LogP contribution in [0.2, 0.25) is 0 Å². The molecule has 0 aliphatic heterocycles. The van der Waals surface area contributed by atoms with Crippen molar-refractivity contribution in [2.75, 3.05) is 17.1 Å². The summed E-state index contributed by atoms with van der Waals surface area (Å²) >= 11 is 0. The summed E-state index contributed by atoms with van der Waals surface area (Å²) in [5.74, 6) is -0.0600. The first-order valence-electron chi connectivity index (χ1n) is 10.6. The minimum atomic E-state index is -3.92. The summed E-state index contributed by atoms with van der Waals surface area (Å²) in [4.78, 5) is 24.9. The Bertz CT molecular complexity index is 1290. The quantitative estimate of drug-likeness (QED) is 0.446. The van der Waals surface area contributed by atoms with E-state index in [0.717, 1.165) is 0 Å². The van der Waals surface area contributed by atoms with E-state index in [1.807, 2.05) is 13.8 Å². The van der Waals surface area contributed by atoms with Gasteiger partial charge in [0.1, 0.15) is 5.75 Å². The number of carbonyl (C=O) groups excluding carboxylic acids is 2. The number of sulfonamides is 1. The van der Waals surface area contributed by atoms with Gasteiger partial charge in [-0.2, -0.15) is 0 Å². The van der Waals surface area contributed by atoms with Gasteiger partial charge in [-0.25, -0.2) is 8.42 Å². The lowest BCUT2D eigenvalue weighted by Gasteiger charge is -2.13. The first kappa shape index (κ1) is 24.8. The van der Waals surface area contributed by atoms with Gasteiger partial charge in [0.2, 0.25) is 0 Å².